The van der Waals surface area contributed by atoms with Crippen LogP contribution in [0.15, 0.2) is 0 Å². The minimum absolute atomic E-state index is 0.294. The van der Waals surface area contributed by atoms with Crippen LogP contribution in [0.1, 0.15) is 26.2 Å². The molecule has 0 amide bonds. The molecule has 1 saturated heterocycles. The van der Waals surface area contributed by atoms with Gasteiger partial charge in [0, 0.05) is 19.5 Å². The fourth-order valence-electron chi connectivity index (χ4n) is 2.13. The van der Waals surface area contributed by atoms with Crippen molar-refractivity contribution in [3.63, 3.8) is 0 Å². The first-order chi connectivity index (χ1) is 7.08. The molecule has 0 radical (unpaired) electrons. The van der Waals surface area contributed by atoms with E-state index in [1.165, 1.54) is 25.9 Å². The lowest BCUT2D eigenvalue weighted by Gasteiger charge is -2.18. The van der Waals surface area contributed by atoms with Crippen molar-refractivity contribution in [2.45, 2.75) is 26.2 Å². The highest BCUT2D eigenvalue weighted by Crippen LogP contribution is 2.17. The van der Waals surface area contributed by atoms with E-state index in [0.29, 0.717) is 12.2 Å². The van der Waals surface area contributed by atoms with Gasteiger partial charge in [-0.25, -0.2) is 0 Å². The lowest BCUT2D eigenvalue weighted by molar-refractivity contribution is -0.117. The summed E-state index contributed by atoms with van der Waals surface area (Å²) in [6.07, 6.45) is 3.32. The maximum Gasteiger partial charge on any atom is 0.131 e. The molecule has 1 aliphatic rings. The molecule has 3 heteroatoms. The van der Waals surface area contributed by atoms with Gasteiger partial charge < -0.3 is 9.80 Å². The van der Waals surface area contributed by atoms with Gasteiger partial charge in [-0.05, 0) is 52.9 Å². The van der Waals surface area contributed by atoms with E-state index in [9.17, 15) is 4.79 Å². The molecule has 0 aromatic rings. The monoisotopic (exact) mass is 212 g/mol. The minimum atomic E-state index is 0.294. The van der Waals surface area contributed by atoms with Crippen LogP contribution in [0.25, 0.3) is 0 Å². The standard InChI is InChI=1S/C12H24N2O/c1-11(15)4-7-13(2)8-5-12-6-9-14(3)10-12/h12H,4-10H2,1-3H3. The summed E-state index contributed by atoms with van der Waals surface area (Å²) in [4.78, 5) is 15.5. The normalized spacial score (nSPS) is 22.5. The van der Waals surface area contributed by atoms with Crippen LogP contribution in [0.4, 0.5) is 0 Å². The second-order valence-electron chi connectivity index (χ2n) is 4.96. The smallest absolute Gasteiger partial charge is 0.131 e. The van der Waals surface area contributed by atoms with Gasteiger partial charge in [0.1, 0.15) is 5.78 Å². The molecule has 1 rings (SSSR count). The van der Waals surface area contributed by atoms with E-state index in [1.807, 2.05) is 0 Å². The molecule has 1 unspecified atom stereocenters. The van der Waals surface area contributed by atoms with Crippen molar-refractivity contribution in [2.24, 2.45) is 5.92 Å². The predicted octanol–water partition coefficient (Wildman–Crippen LogP) is 1.24. The van der Waals surface area contributed by atoms with Crippen molar-refractivity contribution < 1.29 is 4.79 Å². The van der Waals surface area contributed by atoms with E-state index < -0.39 is 0 Å². The Morgan fingerprint density at radius 1 is 1.47 bits per heavy atom. The zero-order valence-electron chi connectivity index (χ0n) is 10.3. The van der Waals surface area contributed by atoms with Gasteiger partial charge in [-0.1, -0.05) is 0 Å². The van der Waals surface area contributed by atoms with Crippen molar-refractivity contribution in [1.82, 2.24) is 9.80 Å². The molecule has 1 heterocycles. The van der Waals surface area contributed by atoms with E-state index in [4.69, 9.17) is 0 Å². The molecular formula is C12H24N2O. The third kappa shape index (κ3) is 5.28. The van der Waals surface area contributed by atoms with Crippen molar-refractivity contribution >= 4 is 5.78 Å². The fraction of sp³-hybridized carbons (Fsp3) is 0.917. The lowest BCUT2D eigenvalue weighted by atomic mass is 10.0. The summed E-state index contributed by atoms with van der Waals surface area (Å²) in [5.74, 6) is 1.16. The van der Waals surface area contributed by atoms with Gasteiger partial charge in [0.05, 0.1) is 0 Å². The Morgan fingerprint density at radius 2 is 2.20 bits per heavy atom. The molecular weight excluding hydrogens is 188 g/mol. The summed E-state index contributed by atoms with van der Waals surface area (Å²) in [6, 6.07) is 0. The quantitative estimate of drug-likeness (QED) is 0.662. The molecule has 0 aromatic carbocycles. The first-order valence-electron chi connectivity index (χ1n) is 5.94. The summed E-state index contributed by atoms with van der Waals surface area (Å²) < 4.78 is 0. The molecule has 3 nitrogen and oxygen atoms in total. The maximum absolute atomic E-state index is 10.8. The summed E-state index contributed by atoms with van der Waals surface area (Å²) in [7, 11) is 4.31. The van der Waals surface area contributed by atoms with Gasteiger partial charge in [0.2, 0.25) is 0 Å². The van der Waals surface area contributed by atoms with Gasteiger partial charge in [0.15, 0.2) is 0 Å². The topological polar surface area (TPSA) is 23.6 Å². The Labute approximate surface area is 93.4 Å². The lowest BCUT2D eigenvalue weighted by Crippen LogP contribution is -2.25. The fourth-order valence-corrected chi connectivity index (χ4v) is 2.13. The highest BCUT2D eigenvalue weighted by Gasteiger charge is 2.19. The zero-order valence-corrected chi connectivity index (χ0v) is 10.3. The van der Waals surface area contributed by atoms with Crippen LogP contribution in [0.3, 0.4) is 0 Å². The number of hydrogen-bond donors (Lipinski definition) is 0. The number of nitrogens with zero attached hydrogens (tertiary/aromatic N) is 2. The molecule has 1 fully saturated rings. The third-order valence-corrected chi connectivity index (χ3v) is 3.25. The Kier molecular flexibility index (Phi) is 5.26. The SMILES string of the molecule is CC(=O)CCN(C)CCC1CCN(C)C1. The van der Waals surface area contributed by atoms with E-state index in [0.717, 1.165) is 19.0 Å². The van der Waals surface area contributed by atoms with Gasteiger partial charge >= 0.3 is 0 Å². The number of hydrogen-bond acceptors (Lipinski definition) is 3. The molecule has 1 atom stereocenters. The average molecular weight is 212 g/mol. The summed E-state index contributed by atoms with van der Waals surface area (Å²) in [5, 5.41) is 0. The van der Waals surface area contributed by atoms with Crippen LogP contribution in [-0.4, -0.2) is 55.9 Å². The first kappa shape index (κ1) is 12.7. The molecule has 0 aromatic heterocycles. The third-order valence-electron chi connectivity index (χ3n) is 3.25. The summed E-state index contributed by atoms with van der Waals surface area (Å²) >= 11 is 0. The van der Waals surface area contributed by atoms with Gasteiger partial charge in [-0.2, -0.15) is 0 Å². The molecule has 88 valence electrons. The second kappa shape index (κ2) is 6.23. The molecule has 15 heavy (non-hydrogen) atoms. The second-order valence-corrected chi connectivity index (χ2v) is 4.96. The predicted molar refractivity (Wildman–Crippen MR) is 63.0 cm³/mol. The maximum atomic E-state index is 10.8. The van der Waals surface area contributed by atoms with Crippen molar-refractivity contribution in [2.75, 3.05) is 40.3 Å². The summed E-state index contributed by atoms with van der Waals surface area (Å²) in [5.41, 5.74) is 0. The Balaban J connectivity index is 2.06. The number of Topliss-reactive ketones (excluding diaryl/α,β-unsaturated/α-hetero) is 1. The number of likely N-dealkylation sites (tertiary alicyclic amines) is 1. The number of carbonyl (C=O) groups is 1. The molecule has 0 N–H and O–H groups in total. The molecule has 0 spiro atoms. The van der Waals surface area contributed by atoms with E-state index >= 15 is 0 Å². The van der Waals surface area contributed by atoms with E-state index in [1.54, 1.807) is 6.92 Å². The molecule has 0 saturated carbocycles. The Bertz CT molecular complexity index is 206. The highest BCUT2D eigenvalue weighted by atomic mass is 16.1. The molecule has 0 aliphatic carbocycles. The average Bonchev–Trinajstić information content (AvgIpc) is 2.58. The van der Waals surface area contributed by atoms with Gasteiger partial charge in [-0.3, -0.25) is 4.79 Å². The van der Waals surface area contributed by atoms with Crippen molar-refractivity contribution in [3.8, 4) is 0 Å². The molecule has 0 bridgehead atoms. The van der Waals surface area contributed by atoms with Crippen LogP contribution in [-0.2, 0) is 4.79 Å². The van der Waals surface area contributed by atoms with E-state index in [2.05, 4.69) is 23.9 Å². The van der Waals surface area contributed by atoms with Crippen LogP contribution in [0.2, 0.25) is 0 Å². The number of rotatable bonds is 6. The van der Waals surface area contributed by atoms with Crippen LogP contribution < -0.4 is 0 Å². The van der Waals surface area contributed by atoms with Crippen molar-refractivity contribution in [1.29, 1.82) is 0 Å². The van der Waals surface area contributed by atoms with Crippen LogP contribution >= 0.6 is 0 Å². The van der Waals surface area contributed by atoms with E-state index in [-0.39, 0.29) is 0 Å². The largest absolute Gasteiger partial charge is 0.306 e. The zero-order chi connectivity index (χ0) is 11.3. The minimum Gasteiger partial charge on any atom is -0.306 e. The number of carbonyl (C=O) groups excluding carboxylic acids is 1. The van der Waals surface area contributed by atoms with Crippen LogP contribution in [0, 0.1) is 5.92 Å². The highest BCUT2D eigenvalue weighted by molar-refractivity contribution is 5.75. The Morgan fingerprint density at radius 3 is 2.73 bits per heavy atom. The Hall–Kier alpha value is -0.410. The summed E-state index contributed by atoms with van der Waals surface area (Å²) in [6.45, 7) is 6.21. The van der Waals surface area contributed by atoms with Crippen molar-refractivity contribution in [3.05, 3.63) is 0 Å². The van der Waals surface area contributed by atoms with Gasteiger partial charge in [0.25, 0.3) is 0 Å². The molecule has 1 aliphatic heterocycles. The first-order valence-corrected chi connectivity index (χ1v) is 5.94. The van der Waals surface area contributed by atoms with Gasteiger partial charge in [-0.15, -0.1) is 0 Å². The number of ketones is 1. The van der Waals surface area contributed by atoms with Crippen LogP contribution in [0.5, 0.6) is 0 Å².